The molecule has 2 aromatic carbocycles. The molecule has 1 saturated heterocycles. The fraction of sp³-hybridized carbons (Fsp3) is 0.429. The maximum absolute atomic E-state index is 12.1. The maximum atomic E-state index is 12.1. The molecule has 0 amide bonds. The van der Waals surface area contributed by atoms with Crippen LogP contribution in [-0.4, -0.2) is 41.5 Å². The van der Waals surface area contributed by atoms with Gasteiger partial charge >= 0.3 is 0 Å². The van der Waals surface area contributed by atoms with Crippen LogP contribution in [0.2, 0.25) is 0 Å². The van der Waals surface area contributed by atoms with Crippen LogP contribution in [-0.2, 0) is 10.8 Å². The molecule has 2 aliphatic heterocycles. The van der Waals surface area contributed by atoms with Crippen LogP contribution < -0.4 is 4.90 Å². The van der Waals surface area contributed by atoms with Crippen LogP contribution in [0.5, 0.6) is 0 Å². The van der Waals surface area contributed by atoms with Crippen LogP contribution in [0.4, 0.5) is 11.4 Å². The molecule has 0 saturated carbocycles. The molecule has 0 radical (unpaired) electrons. The van der Waals surface area contributed by atoms with E-state index in [1.807, 2.05) is 24.3 Å². The Bertz CT molecular complexity index is 919. The van der Waals surface area contributed by atoms with Crippen molar-refractivity contribution in [2.75, 3.05) is 31.2 Å². The highest BCUT2D eigenvalue weighted by molar-refractivity contribution is 7.99. The quantitative estimate of drug-likeness (QED) is 0.742. The van der Waals surface area contributed by atoms with Crippen LogP contribution in [0.15, 0.2) is 57.2 Å². The van der Waals surface area contributed by atoms with Crippen molar-refractivity contribution in [2.24, 2.45) is 0 Å². The molecule has 0 spiro atoms. The summed E-state index contributed by atoms with van der Waals surface area (Å²) in [6.07, 6.45) is 5.45. The maximum Gasteiger partial charge on any atom is 0.0565 e. The van der Waals surface area contributed by atoms with E-state index in [0.29, 0.717) is 6.54 Å². The largest absolute Gasteiger partial charge is 0.340 e. The molecule has 5 heteroatoms. The molecule has 2 unspecified atom stereocenters. The van der Waals surface area contributed by atoms with Gasteiger partial charge in [0.25, 0.3) is 0 Å². The standard InChI is InChI=1S/C21H26N2OS2/c1-22-13-6-5-7-16(22)12-14-23-18-8-3-4-9-20(18)25-21-11-10-17(26(2)24)15-19(21)23/h3-4,8-11,15-16H,5-7,12-14H2,1-2H3/i1D3. The third-order valence-electron chi connectivity index (χ3n) is 5.24. The van der Waals surface area contributed by atoms with Gasteiger partial charge in [0.05, 0.1) is 11.4 Å². The van der Waals surface area contributed by atoms with E-state index in [2.05, 4.69) is 23.1 Å². The van der Waals surface area contributed by atoms with Gasteiger partial charge in [-0.25, -0.2) is 0 Å². The molecule has 138 valence electrons. The third kappa shape index (κ3) is 3.57. The van der Waals surface area contributed by atoms with Crippen LogP contribution in [0.3, 0.4) is 0 Å². The second kappa shape index (κ2) is 7.75. The van der Waals surface area contributed by atoms with Gasteiger partial charge in [0.2, 0.25) is 0 Å². The van der Waals surface area contributed by atoms with Crippen molar-refractivity contribution in [3.63, 3.8) is 0 Å². The summed E-state index contributed by atoms with van der Waals surface area (Å²) in [5.41, 5.74) is 2.21. The van der Waals surface area contributed by atoms with Gasteiger partial charge in [-0.3, -0.25) is 4.21 Å². The first-order valence-corrected chi connectivity index (χ1v) is 11.5. The zero-order valence-corrected chi connectivity index (χ0v) is 16.6. The van der Waals surface area contributed by atoms with Gasteiger partial charge in [0.15, 0.2) is 0 Å². The number of benzene rings is 2. The predicted molar refractivity (Wildman–Crippen MR) is 111 cm³/mol. The lowest BCUT2D eigenvalue weighted by Crippen LogP contribution is -2.38. The van der Waals surface area contributed by atoms with Crippen molar-refractivity contribution in [1.29, 1.82) is 0 Å². The monoisotopic (exact) mass is 389 g/mol. The molecule has 0 aliphatic carbocycles. The molecule has 2 aliphatic rings. The minimum atomic E-state index is -2.04. The predicted octanol–water partition coefficient (Wildman–Crippen LogP) is 4.90. The Morgan fingerprint density at radius 2 is 2.04 bits per heavy atom. The van der Waals surface area contributed by atoms with E-state index in [-0.39, 0.29) is 6.04 Å². The molecular formula is C21H26N2OS2. The lowest BCUT2D eigenvalue weighted by molar-refractivity contribution is 0.178. The Labute approximate surface area is 167 Å². The summed E-state index contributed by atoms with van der Waals surface area (Å²) in [5.74, 6) is 0. The van der Waals surface area contributed by atoms with E-state index in [0.717, 1.165) is 53.4 Å². The van der Waals surface area contributed by atoms with E-state index in [1.54, 1.807) is 22.9 Å². The number of nitrogens with zero attached hydrogens (tertiary/aromatic N) is 2. The second-order valence-corrected chi connectivity index (χ2v) is 9.40. The number of para-hydroxylation sites is 1. The average Bonchev–Trinajstić information content (AvgIpc) is 2.70. The van der Waals surface area contributed by atoms with Crippen LogP contribution in [0.1, 0.15) is 29.8 Å². The van der Waals surface area contributed by atoms with Crippen molar-refractivity contribution < 1.29 is 8.32 Å². The fourth-order valence-electron chi connectivity index (χ4n) is 3.81. The normalized spacial score (nSPS) is 23.3. The number of rotatable bonds is 4. The Balaban J connectivity index is 1.64. The van der Waals surface area contributed by atoms with Crippen molar-refractivity contribution >= 4 is 33.9 Å². The Kier molecular flexibility index (Phi) is 4.39. The summed E-state index contributed by atoms with van der Waals surface area (Å²) in [6, 6.07) is 14.4. The van der Waals surface area contributed by atoms with E-state index < -0.39 is 17.8 Å². The topological polar surface area (TPSA) is 23.6 Å². The summed E-state index contributed by atoms with van der Waals surface area (Å²) >= 11 is 1.73. The number of anilines is 2. The number of likely N-dealkylation sites (tertiary alicyclic amines) is 1. The summed E-state index contributed by atoms with van der Waals surface area (Å²) in [5, 5.41) is 0. The van der Waals surface area contributed by atoms with Crippen LogP contribution in [0, 0.1) is 0 Å². The first kappa shape index (κ1) is 14.7. The molecule has 2 aromatic rings. The van der Waals surface area contributed by atoms with Crippen molar-refractivity contribution in [3.05, 3.63) is 42.5 Å². The highest BCUT2D eigenvalue weighted by Gasteiger charge is 2.26. The van der Waals surface area contributed by atoms with Gasteiger partial charge in [0, 0.05) is 48.4 Å². The van der Waals surface area contributed by atoms with Crippen molar-refractivity contribution in [1.82, 2.24) is 4.90 Å². The molecule has 0 bridgehead atoms. The smallest absolute Gasteiger partial charge is 0.0565 e. The summed E-state index contributed by atoms with van der Waals surface area (Å²) in [6.45, 7) is -0.657. The number of hydrogen-bond donors (Lipinski definition) is 0. The SMILES string of the molecule is [2H]C([2H])([2H])N1CCCCC1CCN1c2ccccc2Sc2ccc(S(C)=O)cc21. The van der Waals surface area contributed by atoms with E-state index >= 15 is 0 Å². The van der Waals surface area contributed by atoms with Gasteiger partial charge in [-0.15, -0.1) is 0 Å². The summed E-state index contributed by atoms with van der Waals surface area (Å²) < 4.78 is 35.8. The molecule has 26 heavy (non-hydrogen) atoms. The minimum Gasteiger partial charge on any atom is -0.340 e. The Hall–Kier alpha value is -1.30. The second-order valence-electron chi connectivity index (χ2n) is 6.94. The molecular weight excluding hydrogens is 360 g/mol. The first-order chi connectivity index (χ1) is 13.8. The highest BCUT2D eigenvalue weighted by Crippen LogP contribution is 2.48. The van der Waals surface area contributed by atoms with Crippen LogP contribution in [0.25, 0.3) is 0 Å². The molecule has 0 aromatic heterocycles. The number of hydrogen-bond acceptors (Lipinski definition) is 4. The third-order valence-corrected chi connectivity index (χ3v) is 7.29. The van der Waals surface area contributed by atoms with E-state index in [4.69, 9.17) is 4.11 Å². The lowest BCUT2D eigenvalue weighted by atomic mass is 9.99. The summed E-state index contributed by atoms with van der Waals surface area (Å²) in [4.78, 5) is 7.15. The zero-order valence-electron chi connectivity index (χ0n) is 18.0. The van der Waals surface area contributed by atoms with Crippen LogP contribution >= 0.6 is 11.8 Å². The Morgan fingerprint density at radius 1 is 1.19 bits per heavy atom. The van der Waals surface area contributed by atoms with Gasteiger partial charge in [0.1, 0.15) is 0 Å². The highest BCUT2D eigenvalue weighted by atomic mass is 32.2. The zero-order chi connectivity index (χ0) is 20.6. The molecule has 2 heterocycles. The molecule has 4 rings (SSSR count). The van der Waals surface area contributed by atoms with Crippen molar-refractivity contribution in [3.8, 4) is 0 Å². The number of fused-ring (bicyclic) bond motifs is 2. The number of piperidine rings is 1. The van der Waals surface area contributed by atoms with Crippen molar-refractivity contribution in [2.45, 2.75) is 46.4 Å². The van der Waals surface area contributed by atoms with E-state index in [1.165, 1.54) is 4.90 Å². The van der Waals surface area contributed by atoms with Gasteiger partial charge < -0.3 is 9.80 Å². The minimum absolute atomic E-state index is 0.0601. The molecule has 0 N–H and O–H groups in total. The molecule has 2 atom stereocenters. The summed E-state index contributed by atoms with van der Waals surface area (Å²) in [7, 11) is -1.04. The van der Waals surface area contributed by atoms with E-state index in [9.17, 15) is 4.21 Å². The van der Waals surface area contributed by atoms with Gasteiger partial charge in [-0.05, 0) is 63.1 Å². The first-order valence-electron chi connectivity index (χ1n) is 10.6. The van der Waals surface area contributed by atoms with Gasteiger partial charge in [-0.2, -0.15) is 0 Å². The van der Waals surface area contributed by atoms with Gasteiger partial charge in [-0.1, -0.05) is 30.3 Å². The molecule has 1 fully saturated rings. The lowest BCUT2D eigenvalue weighted by Gasteiger charge is -2.37. The average molecular weight is 390 g/mol. The molecule has 3 nitrogen and oxygen atoms in total. The fourth-order valence-corrected chi connectivity index (χ4v) is 5.42. The Morgan fingerprint density at radius 3 is 2.88 bits per heavy atom.